The maximum atomic E-state index is 11.8. The summed E-state index contributed by atoms with van der Waals surface area (Å²) in [5.74, 6) is -0.215. The smallest absolute Gasteiger partial charge is 0.322 e. The van der Waals surface area contributed by atoms with Gasteiger partial charge in [-0.05, 0) is 30.9 Å². The Bertz CT molecular complexity index is 450. The zero-order valence-corrected chi connectivity index (χ0v) is 13.9. The molecule has 3 amide bonds. The lowest BCUT2D eigenvalue weighted by molar-refractivity contribution is -0.124. The van der Waals surface area contributed by atoms with Gasteiger partial charge in [-0.15, -0.1) is 0 Å². The van der Waals surface area contributed by atoms with Crippen molar-refractivity contribution in [3.05, 3.63) is 36.0 Å². The molecule has 0 aromatic rings. The molecule has 1 aliphatic heterocycles. The van der Waals surface area contributed by atoms with Crippen LogP contribution < -0.4 is 10.6 Å². The molecule has 4 heteroatoms. The third-order valence-electron chi connectivity index (χ3n) is 3.41. The summed E-state index contributed by atoms with van der Waals surface area (Å²) >= 11 is 0. The van der Waals surface area contributed by atoms with Crippen LogP contribution in [0, 0.1) is 0 Å². The molecule has 0 radical (unpaired) electrons. The van der Waals surface area contributed by atoms with Crippen LogP contribution in [-0.2, 0) is 4.79 Å². The molecule has 2 aliphatic rings. The Balaban J connectivity index is 0.000000921. The molecule has 0 bridgehead atoms. The summed E-state index contributed by atoms with van der Waals surface area (Å²) in [5, 5.41) is 5.06. The molecule has 1 aliphatic carbocycles. The maximum Gasteiger partial charge on any atom is 0.322 e. The van der Waals surface area contributed by atoms with Gasteiger partial charge in [0.25, 0.3) is 5.91 Å². The molecule has 4 nitrogen and oxygen atoms in total. The summed E-state index contributed by atoms with van der Waals surface area (Å²) < 4.78 is 0. The number of hydrogen-bond donors (Lipinski definition) is 2. The van der Waals surface area contributed by atoms with E-state index >= 15 is 0 Å². The highest BCUT2D eigenvalue weighted by molar-refractivity contribution is 6.07. The van der Waals surface area contributed by atoms with E-state index in [4.69, 9.17) is 0 Å². The SMILES string of the molecule is C=C/C=C1/CC2(CC/C1=C/C)NC(=O)NC2=O.CC.CC. The highest BCUT2D eigenvalue weighted by Gasteiger charge is 2.48. The normalized spacial score (nSPS) is 27.3. The van der Waals surface area contributed by atoms with Crippen molar-refractivity contribution in [2.75, 3.05) is 0 Å². The Morgan fingerprint density at radius 1 is 1.14 bits per heavy atom. The van der Waals surface area contributed by atoms with Crippen LogP contribution in [0.3, 0.4) is 0 Å². The van der Waals surface area contributed by atoms with Crippen LogP contribution in [0.4, 0.5) is 4.79 Å². The van der Waals surface area contributed by atoms with Gasteiger partial charge in [0, 0.05) is 6.42 Å². The maximum absolute atomic E-state index is 11.8. The Hall–Kier alpha value is -1.84. The zero-order valence-electron chi connectivity index (χ0n) is 13.9. The van der Waals surface area contributed by atoms with Crippen molar-refractivity contribution in [2.24, 2.45) is 0 Å². The molecule has 118 valence electrons. The number of rotatable bonds is 1. The van der Waals surface area contributed by atoms with E-state index in [1.807, 2.05) is 40.7 Å². The fraction of sp³-hybridized carbons (Fsp3) is 0.529. The van der Waals surface area contributed by atoms with Crippen LogP contribution in [0.25, 0.3) is 0 Å². The molecule has 1 saturated heterocycles. The van der Waals surface area contributed by atoms with Crippen molar-refractivity contribution in [3.63, 3.8) is 0 Å². The molecule has 0 aromatic carbocycles. The van der Waals surface area contributed by atoms with Gasteiger partial charge in [0.2, 0.25) is 0 Å². The van der Waals surface area contributed by atoms with E-state index in [9.17, 15) is 9.59 Å². The first-order valence-electron chi connectivity index (χ1n) is 7.72. The monoisotopic (exact) mass is 292 g/mol. The van der Waals surface area contributed by atoms with Gasteiger partial charge in [-0.3, -0.25) is 10.1 Å². The van der Waals surface area contributed by atoms with Gasteiger partial charge in [-0.1, -0.05) is 52.5 Å². The lowest BCUT2D eigenvalue weighted by Crippen LogP contribution is -2.49. The van der Waals surface area contributed by atoms with E-state index in [1.165, 1.54) is 5.57 Å². The fourth-order valence-electron chi connectivity index (χ4n) is 2.50. The van der Waals surface area contributed by atoms with Gasteiger partial charge >= 0.3 is 6.03 Å². The fourth-order valence-corrected chi connectivity index (χ4v) is 2.50. The summed E-state index contributed by atoms with van der Waals surface area (Å²) in [6.07, 6.45) is 7.66. The van der Waals surface area contributed by atoms with Gasteiger partial charge in [0.05, 0.1) is 0 Å². The minimum Gasteiger partial charge on any atom is -0.323 e. The average molecular weight is 292 g/mol. The van der Waals surface area contributed by atoms with Crippen molar-refractivity contribution in [1.82, 2.24) is 10.6 Å². The van der Waals surface area contributed by atoms with Gasteiger partial charge in [0.15, 0.2) is 0 Å². The second-order valence-electron chi connectivity index (χ2n) is 4.41. The molecule has 1 spiro atoms. The number of imide groups is 1. The Kier molecular flexibility index (Phi) is 8.36. The zero-order chi connectivity index (χ0) is 16.5. The molecular formula is C17H28N2O2. The quantitative estimate of drug-likeness (QED) is 0.721. The molecule has 21 heavy (non-hydrogen) atoms. The third kappa shape index (κ3) is 4.31. The minimum atomic E-state index is -0.752. The number of nitrogens with one attached hydrogen (secondary N) is 2. The first kappa shape index (κ1) is 19.2. The predicted molar refractivity (Wildman–Crippen MR) is 88.0 cm³/mol. The lowest BCUT2D eigenvalue weighted by Gasteiger charge is -2.33. The van der Waals surface area contributed by atoms with Gasteiger partial charge in [-0.25, -0.2) is 4.79 Å². The van der Waals surface area contributed by atoms with Crippen LogP contribution in [0.5, 0.6) is 0 Å². The molecule has 1 unspecified atom stereocenters. The first-order valence-corrected chi connectivity index (χ1v) is 7.72. The van der Waals surface area contributed by atoms with Crippen LogP contribution in [0.1, 0.15) is 53.9 Å². The highest BCUT2D eigenvalue weighted by Crippen LogP contribution is 2.37. The van der Waals surface area contributed by atoms with E-state index in [-0.39, 0.29) is 5.91 Å². The summed E-state index contributed by atoms with van der Waals surface area (Å²) in [7, 11) is 0. The summed E-state index contributed by atoms with van der Waals surface area (Å²) in [5.41, 5.74) is 1.55. The van der Waals surface area contributed by atoms with Crippen LogP contribution in [0.2, 0.25) is 0 Å². The van der Waals surface area contributed by atoms with Gasteiger partial charge in [0.1, 0.15) is 5.54 Å². The molecule has 2 N–H and O–H groups in total. The van der Waals surface area contributed by atoms with Crippen molar-refractivity contribution >= 4 is 11.9 Å². The first-order chi connectivity index (χ1) is 10.1. The molecule has 1 atom stereocenters. The van der Waals surface area contributed by atoms with Gasteiger partial charge in [-0.2, -0.15) is 0 Å². The summed E-state index contributed by atoms with van der Waals surface area (Å²) in [4.78, 5) is 23.1. The topological polar surface area (TPSA) is 58.2 Å². The molecule has 1 heterocycles. The Morgan fingerprint density at radius 2 is 1.76 bits per heavy atom. The second kappa shape index (κ2) is 9.16. The molecule has 2 rings (SSSR count). The molecule has 0 aromatic heterocycles. The van der Waals surface area contributed by atoms with Crippen LogP contribution >= 0.6 is 0 Å². The standard InChI is InChI=1S/C13H16N2O2.2C2H6/c1-3-5-10-8-13(7-6-9(10)4-2)11(16)14-12(17)15-13;2*1-2/h3-5H,1,6-8H2,2H3,(H2,14,15,16,17);2*1-2H3/b9-4-,10-5-;;. The number of hydrogen-bond acceptors (Lipinski definition) is 2. The number of amides is 3. The lowest BCUT2D eigenvalue weighted by atomic mass is 9.76. The summed E-state index contributed by atoms with van der Waals surface area (Å²) in [6, 6.07) is -0.392. The highest BCUT2D eigenvalue weighted by atomic mass is 16.2. The van der Waals surface area contributed by atoms with Crippen molar-refractivity contribution < 1.29 is 9.59 Å². The predicted octanol–water partition coefficient (Wildman–Crippen LogP) is 3.86. The number of allylic oxidation sites excluding steroid dienone is 4. The minimum absolute atomic E-state index is 0.215. The third-order valence-corrected chi connectivity index (χ3v) is 3.41. The second-order valence-corrected chi connectivity index (χ2v) is 4.41. The van der Waals surface area contributed by atoms with E-state index in [0.717, 1.165) is 12.0 Å². The number of carbonyl (C=O) groups is 2. The Morgan fingerprint density at radius 3 is 2.19 bits per heavy atom. The van der Waals surface area contributed by atoms with Crippen molar-refractivity contribution in [2.45, 2.75) is 59.4 Å². The summed E-state index contributed by atoms with van der Waals surface area (Å²) in [6.45, 7) is 13.7. The van der Waals surface area contributed by atoms with Crippen LogP contribution in [0.15, 0.2) is 36.0 Å². The largest absolute Gasteiger partial charge is 0.323 e. The molecule has 1 saturated carbocycles. The Labute approximate surface area is 128 Å². The van der Waals surface area contributed by atoms with Crippen molar-refractivity contribution in [1.29, 1.82) is 0 Å². The number of carbonyl (C=O) groups excluding carboxylic acids is 2. The van der Waals surface area contributed by atoms with Crippen LogP contribution in [-0.4, -0.2) is 17.5 Å². The van der Waals surface area contributed by atoms with E-state index in [1.54, 1.807) is 6.08 Å². The van der Waals surface area contributed by atoms with E-state index in [2.05, 4.69) is 23.3 Å². The molecule has 2 fully saturated rings. The average Bonchev–Trinajstić information content (AvgIpc) is 2.78. The van der Waals surface area contributed by atoms with Crippen molar-refractivity contribution in [3.8, 4) is 0 Å². The number of urea groups is 1. The van der Waals surface area contributed by atoms with E-state index in [0.29, 0.717) is 12.8 Å². The van der Waals surface area contributed by atoms with E-state index < -0.39 is 11.6 Å². The van der Waals surface area contributed by atoms with Gasteiger partial charge < -0.3 is 5.32 Å². The molecular weight excluding hydrogens is 264 g/mol.